The van der Waals surface area contributed by atoms with Crippen molar-refractivity contribution in [3.05, 3.63) is 65.5 Å². The number of amides is 3. The number of imide groups is 1. The number of rotatable bonds is 4. The summed E-state index contributed by atoms with van der Waals surface area (Å²) in [6.07, 6.45) is 5.82. The number of nitrogens with zero attached hydrogens (tertiary/aromatic N) is 2. The molecule has 1 aliphatic heterocycles. The van der Waals surface area contributed by atoms with Crippen LogP contribution < -0.4 is 4.90 Å². The van der Waals surface area contributed by atoms with E-state index in [4.69, 9.17) is 0 Å². The highest BCUT2D eigenvalue weighted by Crippen LogP contribution is 2.32. The van der Waals surface area contributed by atoms with Crippen LogP contribution in [0.1, 0.15) is 60.9 Å². The molecule has 1 heterocycles. The minimum absolute atomic E-state index is 0.0513. The van der Waals surface area contributed by atoms with E-state index in [2.05, 4.69) is 0 Å². The zero-order valence-corrected chi connectivity index (χ0v) is 17.7. The number of hydrogen-bond acceptors (Lipinski definition) is 3. The molecule has 0 radical (unpaired) electrons. The molecule has 0 bridgehead atoms. The summed E-state index contributed by atoms with van der Waals surface area (Å²) in [6, 6.07) is 11.7. The molecule has 6 heteroatoms. The number of benzene rings is 2. The van der Waals surface area contributed by atoms with Crippen molar-refractivity contribution in [3.8, 4) is 0 Å². The fourth-order valence-electron chi connectivity index (χ4n) is 4.64. The van der Waals surface area contributed by atoms with Gasteiger partial charge in [0.25, 0.3) is 11.8 Å². The zero-order valence-electron chi connectivity index (χ0n) is 17.7. The van der Waals surface area contributed by atoms with Gasteiger partial charge in [-0.3, -0.25) is 14.4 Å². The van der Waals surface area contributed by atoms with E-state index < -0.39 is 17.8 Å². The van der Waals surface area contributed by atoms with Gasteiger partial charge in [-0.05, 0) is 56.2 Å². The van der Waals surface area contributed by atoms with Gasteiger partial charge in [0.1, 0.15) is 11.9 Å². The van der Waals surface area contributed by atoms with Crippen LogP contribution in [-0.4, -0.2) is 34.7 Å². The van der Waals surface area contributed by atoms with Gasteiger partial charge in [-0.1, -0.05) is 43.4 Å². The van der Waals surface area contributed by atoms with Gasteiger partial charge in [0.05, 0.1) is 12.1 Å². The van der Waals surface area contributed by atoms with Gasteiger partial charge in [0.2, 0.25) is 5.91 Å². The molecule has 0 spiro atoms. The number of hydrogen-bond donors (Lipinski definition) is 0. The summed E-state index contributed by atoms with van der Waals surface area (Å²) < 4.78 is 13.3. The Morgan fingerprint density at radius 3 is 2.16 bits per heavy atom. The second kappa shape index (κ2) is 9.00. The standard InChI is InChI=1S/C25H27FN2O3/c1-17-8-10-18(11-9-17)24(30)27(20-6-4-2-3-5-7-20)22-16-23(29)28(25(22)31)21-14-12-19(26)13-15-21/h8-15,20,22H,2-7,16H2,1H3. The topological polar surface area (TPSA) is 57.7 Å². The Kier molecular flexibility index (Phi) is 6.16. The average Bonchev–Trinajstić information content (AvgIpc) is 2.92. The predicted molar refractivity (Wildman–Crippen MR) is 116 cm³/mol. The zero-order chi connectivity index (χ0) is 22.0. The van der Waals surface area contributed by atoms with Crippen LogP contribution >= 0.6 is 0 Å². The van der Waals surface area contributed by atoms with Crippen molar-refractivity contribution >= 4 is 23.4 Å². The van der Waals surface area contributed by atoms with E-state index in [0.29, 0.717) is 11.3 Å². The summed E-state index contributed by atoms with van der Waals surface area (Å²) in [5.41, 5.74) is 1.91. The van der Waals surface area contributed by atoms with Crippen LogP contribution in [0.5, 0.6) is 0 Å². The van der Waals surface area contributed by atoms with Crippen LogP contribution in [-0.2, 0) is 9.59 Å². The fourth-order valence-corrected chi connectivity index (χ4v) is 4.64. The number of aryl methyl sites for hydroxylation is 1. The molecular weight excluding hydrogens is 395 g/mol. The lowest BCUT2D eigenvalue weighted by Crippen LogP contribution is -2.50. The second-order valence-electron chi connectivity index (χ2n) is 8.49. The molecule has 1 saturated carbocycles. The van der Waals surface area contributed by atoms with Gasteiger partial charge >= 0.3 is 0 Å². The van der Waals surface area contributed by atoms with Crippen LogP contribution in [0.15, 0.2) is 48.5 Å². The number of anilines is 1. The van der Waals surface area contributed by atoms with Crippen molar-refractivity contribution in [3.63, 3.8) is 0 Å². The van der Waals surface area contributed by atoms with Gasteiger partial charge in [-0.15, -0.1) is 0 Å². The van der Waals surface area contributed by atoms with Gasteiger partial charge in [-0.25, -0.2) is 9.29 Å². The Morgan fingerprint density at radius 2 is 1.55 bits per heavy atom. The Labute approximate surface area is 181 Å². The molecule has 162 valence electrons. The largest absolute Gasteiger partial charge is 0.323 e. The van der Waals surface area contributed by atoms with Crippen LogP contribution in [0.4, 0.5) is 10.1 Å². The van der Waals surface area contributed by atoms with Crippen molar-refractivity contribution in [2.75, 3.05) is 4.90 Å². The second-order valence-corrected chi connectivity index (χ2v) is 8.49. The number of halogens is 1. The monoisotopic (exact) mass is 422 g/mol. The lowest BCUT2D eigenvalue weighted by atomic mass is 10.0. The molecule has 2 aromatic rings. The average molecular weight is 423 g/mol. The molecule has 0 N–H and O–H groups in total. The molecule has 2 aliphatic rings. The van der Waals surface area contributed by atoms with E-state index in [1.807, 2.05) is 19.1 Å². The van der Waals surface area contributed by atoms with E-state index >= 15 is 0 Å². The van der Waals surface area contributed by atoms with E-state index in [-0.39, 0.29) is 24.3 Å². The molecule has 1 atom stereocenters. The smallest absolute Gasteiger partial charge is 0.257 e. The molecule has 1 aliphatic carbocycles. The predicted octanol–water partition coefficient (Wildman–Crippen LogP) is 4.63. The van der Waals surface area contributed by atoms with E-state index in [9.17, 15) is 18.8 Å². The molecule has 2 aromatic carbocycles. The molecule has 5 nitrogen and oxygen atoms in total. The maximum Gasteiger partial charge on any atom is 0.257 e. The summed E-state index contributed by atoms with van der Waals surface area (Å²) in [5, 5.41) is 0. The van der Waals surface area contributed by atoms with Gasteiger partial charge in [-0.2, -0.15) is 0 Å². The first-order chi connectivity index (χ1) is 15.0. The van der Waals surface area contributed by atoms with E-state index in [0.717, 1.165) is 49.0 Å². The van der Waals surface area contributed by atoms with Crippen molar-refractivity contribution in [1.82, 2.24) is 4.90 Å². The Balaban J connectivity index is 1.68. The minimum Gasteiger partial charge on any atom is -0.323 e. The highest BCUT2D eigenvalue weighted by atomic mass is 19.1. The Bertz CT molecular complexity index is 963. The normalized spacial score (nSPS) is 20.1. The van der Waals surface area contributed by atoms with Gasteiger partial charge in [0.15, 0.2) is 0 Å². The molecule has 0 aromatic heterocycles. The molecule has 31 heavy (non-hydrogen) atoms. The first-order valence-electron chi connectivity index (χ1n) is 11.0. The Hall–Kier alpha value is -3.02. The lowest BCUT2D eigenvalue weighted by Gasteiger charge is -2.35. The summed E-state index contributed by atoms with van der Waals surface area (Å²) in [5.74, 6) is -1.42. The van der Waals surface area contributed by atoms with Crippen molar-refractivity contribution in [2.45, 2.75) is 64.0 Å². The minimum atomic E-state index is -0.838. The number of carbonyl (C=O) groups is 3. The van der Waals surface area contributed by atoms with Crippen molar-refractivity contribution < 1.29 is 18.8 Å². The van der Waals surface area contributed by atoms with Gasteiger partial charge < -0.3 is 4.90 Å². The third kappa shape index (κ3) is 4.38. The SMILES string of the molecule is Cc1ccc(C(=O)N(C2CCCCCC2)C2CC(=O)N(c3ccc(F)cc3)C2=O)cc1. The molecule has 2 fully saturated rings. The quantitative estimate of drug-likeness (QED) is 0.533. The molecule has 1 saturated heterocycles. The fraction of sp³-hybridized carbons (Fsp3) is 0.400. The van der Waals surface area contributed by atoms with Crippen LogP contribution in [0, 0.1) is 12.7 Å². The highest BCUT2D eigenvalue weighted by molar-refractivity contribution is 6.23. The Morgan fingerprint density at radius 1 is 0.935 bits per heavy atom. The van der Waals surface area contributed by atoms with Gasteiger partial charge in [0, 0.05) is 11.6 Å². The lowest BCUT2D eigenvalue weighted by molar-refractivity contribution is -0.123. The van der Waals surface area contributed by atoms with Crippen molar-refractivity contribution in [2.24, 2.45) is 0 Å². The summed E-state index contributed by atoms with van der Waals surface area (Å²) >= 11 is 0. The van der Waals surface area contributed by atoms with Crippen LogP contribution in [0.3, 0.4) is 0 Å². The van der Waals surface area contributed by atoms with E-state index in [1.165, 1.54) is 24.3 Å². The highest BCUT2D eigenvalue weighted by Gasteiger charge is 2.46. The molecule has 3 amide bonds. The molecule has 4 rings (SSSR count). The maximum absolute atomic E-state index is 13.6. The maximum atomic E-state index is 13.6. The van der Waals surface area contributed by atoms with Crippen molar-refractivity contribution in [1.29, 1.82) is 0 Å². The number of carbonyl (C=O) groups excluding carboxylic acids is 3. The third-order valence-corrected chi connectivity index (χ3v) is 6.29. The third-order valence-electron chi connectivity index (χ3n) is 6.29. The van der Waals surface area contributed by atoms with E-state index in [1.54, 1.807) is 17.0 Å². The molecular formula is C25H27FN2O3. The summed E-state index contributed by atoms with van der Waals surface area (Å²) in [7, 11) is 0. The molecule has 1 unspecified atom stereocenters. The summed E-state index contributed by atoms with van der Waals surface area (Å²) in [6.45, 7) is 1.96. The summed E-state index contributed by atoms with van der Waals surface area (Å²) in [4.78, 5) is 42.5. The first-order valence-corrected chi connectivity index (χ1v) is 11.0. The van der Waals surface area contributed by atoms with Crippen LogP contribution in [0.25, 0.3) is 0 Å². The first kappa shape index (κ1) is 21.2. The van der Waals surface area contributed by atoms with Crippen LogP contribution in [0.2, 0.25) is 0 Å².